The maximum absolute atomic E-state index is 11.2. The second-order valence-corrected chi connectivity index (χ2v) is 5.15. The molecule has 1 atom stereocenters. The Morgan fingerprint density at radius 2 is 2.07 bits per heavy atom. The Balaban J connectivity index is 0.00000196. The second kappa shape index (κ2) is 5.46. The lowest BCUT2D eigenvalue weighted by atomic mass is 10.1. The zero-order chi connectivity index (χ0) is 10.8. The Kier molecular flexibility index (Phi) is 5.23. The second-order valence-electron chi connectivity index (χ2n) is 3.13. The Bertz CT molecular complexity index is 419. The van der Waals surface area contributed by atoms with Gasteiger partial charge in [0, 0.05) is 6.26 Å². The van der Waals surface area contributed by atoms with Crippen molar-refractivity contribution in [2.45, 2.75) is 10.9 Å². The lowest BCUT2D eigenvalue weighted by molar-refractivity contribution is 0.268. The monoisotopic (exact) mass is 251 g/mol. The first-order valence-electron chi connectivity index (χ1n) is 4.11. The Morgan fingerprint density at radius 3 is 2.53 bits per heavy atom. The van der Waals surface area contributed by atoms with Gasteiger partial charge in [-0.15, -0.1) is 12.4 Å². The molecule has 0 saturated heterocycles. The maximum atomic E-state index is 11.2. The summed E-state index contributed by atoms with van der Waals surface area (Å²) in [6.45, 7) is -0.201. The number of rotatable bonds is 3. The first kappa shape index (κ1) is 14.4. The number of sulfone groups is 1. The molecule has 15 heavy (non-hydrogen) atoms. The van der Waals surface area contributed by atoms with Crippen molar-refractivity contribution in [3.8, 4) is 0 Å². The quantitative estimate of drug-likeness (QED) is 0.820. The molecular formula is C9H14ClNO3S. The molecule has 0 heterocycles. The number of aliphatic hydroxyl groups excluding tert-OH is 1. The van der Waals surface area contributed by atoms with Gasteiger partial charge in [-0.3, -0.25) is 0 Å². The third-order valence-corrected chi connectivity index (χ3v) is 3.02. The molecule has 0 saturated carbocycles. The van der Waals surface area contributed by atoms with E-state index >= 15 is 0 Å². The van der Waals surface area contributed by atoms with Gasteiger partial charge in [-0.05, 0) is 17.7 Å². The molecule has 1 aromatic carbocycles. The number of hydrogen-bond acceptors (Lipinski definition) is 4. The molecule has 6 heteroatoms. The van der Waals surface area contributed by atoms with E-state index in [4.69, 9.17) is 10.8 Å². The van der Waals surface area contributed by atoms with E-state index in [-0.39, 0.29) is 23.9 Å². The number of halogens is 1. The standard InChI is InChI=1S/C9H13NO3S.ClH/c1-14(12,13)8-4-2-3-7(5-8)9(10)6-11;/h2-5,9,11H,6,10H2,1H3;1H/t9-;/m0./s1. The average molecular weight is 252 g/mol. The van der Waals surface area contributed by atoms with Crippen molar-refractivity contribution in [1.29, 1.82) is 0 Å². The molecule has 0 bridgehead atoms. The molecule has 0 aliphatic rings. The highest BCUT2D eigenvalue weighted by Crippen LogP contribution is 2.15. The first-order chi connectivity index (χ1) is 6.45. The van der Waals surface area contributed by atoms with Crippen LogP contribution in [0, 0.1) is 0 Å². The summed E-state index contributed by atoms with van der Waals surface area (Å²) in [5.41, 5.74) is 6.18. The van der Waals surface area contributed by atoms with E-state index in [1.807, 2.05) is 0 Å². The van der Waals surface area contributed by atoms with Crippen LogP contribution >= 0.6 is 12.4 Å². The molecule has 86 valence electrons. The molecule has 0 fully saturated rings. The first-order valence-corrected chi connectivity index (χ1v) is 6.00. The number of nitrogens with two attached hydrogens (primary N) is 1. The Hall–Kier alpha value is -0.620. The van der Waals surface area contributed by atoms with E-state index < -0.39 is 15.9 Å². The Morgan fingerprint density at radius 1 is 1.47 bits per heavy atom. The van der Waals surface area contributed by atoms with E-state index in [2.05, 4.69) is 0 Å². The highest BCUT2D eigenvalue weighted by Gasteiger charge is 2.10. The maximum Gasteiger partial charge on any atom is 0.175 e. The number of hydrogen-bond donors (Lipinski definition) is 2. The van der Waals surface area contributed by atoms with Gasteiger partial charge < -0.3 is 10.8 Å². The predicted molar refractivity (Wildman–Crippen MR) is 60.8 cm³/mol. The van der Waals surface area contributed by atoms with Crippen LogP contribution in [-0.4, -0.2) is 26.4 Å². The summed E-state index contributed by atoms with van der Waals surface area (Å²) < 4.78 is 22.4. The molecule has 4 nitrogen and oxygen atoms in total. The topological polar surface area (TPSA) is 80.4 Å². The van der Waals surface area contributed by atoms with E-state index in [1.165, 1.54) is 12.1 Å². The van der Waals surface area contributed by atoms with Gasteiger partial charge in [-0.1, -0.05) is 12.1 Å². The summed E-state index contributed by atoms with van der Waals surface area (Å²) in [4.78, 5) is 0.221. The SMILES string of the molecule is CS(=O)(=O)c1cccc([C@@H](N)CO)c1.Cl. The molecule has 1 rings (SSSR count). The van der Waals surface area contributed by atoms with Crippen LogP contribution in [0.15, 0.2) is 29.2 Å². The fraction of sp³-hybridized carbons (Fsp3) is 0.333. The molecule has 0 unspecified atom stereocenters. The van der Waals surface area contributed by atoms with Crippen molar-refractivity contribution in [2.75, 3.05) is 12.9 Å². The fourth-order valence-corrected chi connectivity index (χ4v) is 1.76. The van der Waals surface area contributed by atoms with Crippen LogP contribution in [0.2, 0.25) is 0 Å². The fourth-order valence-electron chi connectivity index (χ4n) is 1.08. The summed E-state index contributed by atoms with van der Waals surface area (Å²) in [6, 6.07) is 5.76. The van der Waals surface area contributed by atoms with Crippen LogP contribution in [0.1, 0.15) is 11.6 Å². The molecule has 0 radical (unpaired) electrons. The number of benzene rings is 1. The normalized spacial score (nSPS) is 13.0. The molecule has 3 N–H and O–H groups in total. The van der Waals surface area contributed by atoms with Gasteiger partial charge in [-0.25, -0.2) is 8.42 Å². The molecular weight excluding hydrogens is 238 g/mol. The van der Waals surface area contributed by atoms with Gasteiger partial charge in [0.15, 0.2) is 9.84 Å². The molecule has 0 aromatic heterocycles. The van der Waals surface area contributed by atoms with Crippen molar-refractivity contribution in [3.05, 3.63) is 29.8 Å². The van der Waals surface area contributed by atoms with Crippen LogP contribution < -0.4 is 5.73 Å². The zero-order valence-electron chi connectivity index (χ0n) is 8.25. The summed E-state index contributed by atoms with van der Waals surface area (Å²) in [5.74, 6) is 0. The van der Waals surface area contributed by atoms with Crippen LogP contribution in [0.3, 0.4) is 0 Å². The third-order valence-electron chi connectivity index (χ3n) is 1.91. The number of aliphatic hydroxyl groups is 1. The van der Waals surface area contributed by atoms with Gasteiger partial charge in [0.2, 0.25) is 0 Å². The minimum atomic E-state index is -3.20. The lowest BCUT2D eigenvalue weighted by Crippen LogP contribution is -2.14. The van der Waals surface area contributed by atoms with Crippen LogP contribution in [0.5, 0.6) is 0 Å². The highest BCUT2D eigenvalue weighted by atomic mass is 35.5. The molecule has 0 spiro atoms. The Labute approximate surface area is 95.4 Å². The minimum Gasteiger partial charge on any atom is -0.394 e. The van der Waals surface area contributed by atoms with Crippen molar-refractivity contribution < 1.29 is 13.5 Å². The summed E-state index contributed by atoms with van der Waals surface area (Å²) in [5, 5.41) is 8.81. The largest absolute Gasteiger partial charge is 0.394 e. The molecule has 0 aliphatic carbocycles. The van der Waals surface area contributed by atoms with Crippen molar-refractivity contribution in [3.63, 3.8) is 0 Å². The van der Waals surface area contributed by atoms with Crippen LogP contribution in [0.25, 0.3) is 0 Å². The van der Waals surface area contributed by atoms with E-state index in [1.54, 1.807) is 12.1 Å². The van der Waals surface area contributed by atoms with Crippen LogP contribution in [-0.2, 0) is 9.84 Å². The van der Waals surface area contributed by atoms with E-state index in [0.29, 0.717) is 5.56 Å². The summed E-state index contributed by atoms with van der Waals surface area (Å²) in [7, 11) is -3.20. The smallest absolute Gasteiger partial charge is 0.175 e. The van der Waals surface area contributed by atoms with Crippen molar-refractivity contribution >= 4 is 22.2 Å². The molecule has 1 aromatic rings. The van der Waals surface area contributed by atoms with Gasteiger partial charge in [0.25, 0.3) is 0 Å². The third kappa shape index (κ3) is 3.79. The van der Waals surface area contributed by atoms with E-state index in [0.717, 1.165) is 6.26 Å². The predicted octanol–water partition coefficient (Wildman–Crippen LogP) is 0.504. The molecule has 0 aliphatic heterocycles. The molecule has 0 amide bonds. The van der Waals surface area contributed by atoms with Gasteiger partial charge in [0.1, 0.15) is 0 Å². The van der Waals surface area contributed by atoms with Gasteiger partial charge in [-0.2, -0.15) is 0 Å². The minimum absolute atomic E-state index is 0. The highest BCUT2D eigenvalue weighted by molar-refractivity contribution is 7.90. The van der Waals surface area contributed by atoms with Gasteiger partial charge in [0.05, 0.1) is 17.5 Å². The van der Waals surface area contributed by atoms with Crippen molar-refractivity contribution in [2.24, 2.45) is 5.73 Å². The zero-order valence-corrected chi connectivity index (χ0v) is 9.88. The van der Waals surface area contributed by atoms with Crippen LogP contribution in [0.4, 0.5) is 0 Å². The van der Waals surface area contributed by atoms with Crippen molar-refractivity contribution in [1.82, 2.24) is 0 Å². The summed E-state index contributed by atoms with van der Waals surface area (Å²) >= 11 is 0. The average Bonchev–Trinajstić information content (AvgIpc) is 2.15. The lowest BCUT2D eigenvalue weighted by Gasteiger charge is -2.09. The van der Waals surface area contributed by atoms with Gasteiger partial charge >= 0.3 is 0 Å². The van der Waals surface area contributed by atoms with E-state index in [9.17, 15) is 8.42 Å². The summed E-state index contributed by atoms with van der Waals surface area (Å²) in [6.07, 6.45) is 1.14.